The van der Waals surface area contributed by atoms with Crippen LogP contribution in [0.2, 0.25) is 0 Å². The monoisotopic (exact) mass is 579 g/mol. The molecule has 0 aliphatic heterocycles. The van der Waals surface area contributed by atoms with Gasteiger partial charge in [-0.05, 0) is 74.1 Å². The minimum atomic E-state index is -0.418. The molecule has 1 amide bonds. The number of benzene rings is 1. The molecule has 1 aromatic carbocycles. The number of nitrogens with zero attached hydrogens (tertiary/aromatic N) is 2. The normalized spacial score (nSPS) is 16.5. The molecule has 0 fully saturated rings. The van der Waals surface area contributed by atoms with Crippen LogP contribution < -0.4 is 10.9 Å². The maximum absolute atomic E-state index is 13.9. The second-order valence-electron chi connectivity index (χ2n) is 10.1. The number of nitrogens with one attached hydrogen (secondary N) is 1. The quantitative estimate of drug-likeness (QED) is 0.170. The van der Waals surface area contributed by atoms with Gasteiger partial charge in [-0.25, -0.2) is 9.78 Å². The molecule has 1 N–H and O–H groups in total. The number of methoxy groups -OCH3 is 1. The van der Waals surface area contributed by atoms with Crippen LogP contribution in [0.25, 0.3) is 15.9 Å². The standard InChI is InChI=1S/C29H29N3O4S3/c1-16-12-13-19-21(14-16)39-25-23(19)27(34)32(17-8-4-3-5-9-17)29(31-25)37-15-22(33)30-26-24(28(35)36-2)18-10-6-7-11-20(18)38-26/h3-5,8-9,16H,6-7,10-15H2,1-2H3,(H,30,33)/t16-/m0/s1. The summed E-state index contributed by atoms with van der Waals surface area (Å²) in [6, 6.07) is 9.47. The zero-order valence-corrected chi connectivity index (χ0v) is 24.3. The molecule has 7 nitrogen and oxygen atoms in total. The maximum atomic E-state index is 13.9. The molecule has 3 aromatic heterocycles. The number of amides is 1. The smallest absolute Gasteiger partial charge is 0.341 e. The van der Waals surface area contributed by atoms with Crippen LogP contribution in [0.3, 0.4) is 0 Å². The minimum Gasteiger partial charge on any atom is -0.465 e. The van der Waals surface area contributed by atoms with Crippen LogP contribution in [-0.4, -0.2) is 34.3 Å². The van der Waals surface area contributed by atoms with Crippen LogP contribution in [0, 0.1) is 5.92 Å². The molecule has 0 unspecified atom stereocenters. The highest BCUT2D eigenvalue weighted by Crippen LogP contribution is 2.39. The van der Waals surface area contributed by atoms with E-state index in [0.717, 1.165) is 71.5 Å². The van der Waals surface area contributed by atoms with Gasteiger partial charge < -0.3 is 10.1 Å². The first kappa shape index (κ1) is 26.3. The second kappa shape index (κ2) is 10.9. The van der Waals surface area contributed by atoms with Crippen molar-refractivity contribution >= 4 is 61.5 Å². The first-order valence-corrected chi connectivity index (χ1v) is 15.8. The van der Waals surface area contributed by atoms with Crippen LogP contribution in [0.1, 0.15) is 57.4 Å². The van der Waals surface area contributed by atoms with E-state index in [1.165, 1.54) is 35.1 Å². The number of carbonyl (C=O) groups is 2. The van der Waals surface area contributed by atoms with Gasteiger partial charge in [0.25, 0.3) is 5.56 Å². The number of thioether (sulfide) groups is 1. The lowest BCUT2D eigenvalue weighted by molar-refractivity contribution is -0.113. The number of para-hydroxylation sites is 1. The predicted molar refractivity (Wildman–Crippen MR) is 158 cm³/mol. The number of aryl methyl sites for hydroxylation is 2. The van der Waals surface area contributed by atoms with Crippen LogP contribution in [0.15, 0.2) is 40.3 Å². The average Bonchev–Trinajstić information content (AvgIpc) is 3.49. The Bertz CT molecular complexity index is 1640. The van der Waals surface area contributed by atoms with Crippen molar-refractivity contribution in [3.05, 3.63) is 67.1 Å². The number of thiophene rings is 2. The molecule has 10 heteroatoms. The van der Waals surface area contributed by atoms with Crippen molar-refractivity contribution < 1.29 is 14.3 Å². The number of hydrogen-bond donors (Lipinski definition) is 1. The lowest BCUT2D eigenvalue weighted by Crippen LogP contribution is -2.23. The predicted octanol–water partition coefficient (Wildman–Crippen LogP) is 6.03. The molecule has 2 aliphatic carbocycles. The molecule has 2 aliphatic rings. The van der Waals surface area contributed by atoms with Crippen molar-refractivity contribution in [1.82, 2.24) is 9.55 Å². The summed E-state index contributed by atoms with van der Waals surface area (Å²) >= 11 is 4.31. The topological polar surface area (TPSA) is 90.3 Å². The molecule has 202 valence electrons. The number of ether oxygens (including phenoxy) is 1. The molecule has 0 radical (unpaired) electrons. The van der Waals surface area contributed by atoms with Gasteiger partial charge in [-0.3, -0.25) is 14.2 Å². The zero-order chi connectivity index (χ0) is 27.1. The third-order valence-corrected chi connectivity index (χ3v) is 10.8. The van der Waals surface area contributed by atoms with Gasteiger partial charge in [0.2, 0.25) is 5.91 Å². The first-order chi connectivity index (χ1) is 18.9. The van der Waals surface area contributed by atoms with E-state index in [1.807, 2.05) is 30.3 Å². The van der Waals surface area contributed by atoms with Gasteiger partial charge in [0.15, 0.2) is 5.16 Å². The van der Waals surface area contributed by atoms with Crippen molar-refractivity contribution in [3.8, 4) is 5.69 Å². The van der Waals surface area contributed by atoms with Gasteiger partial charge in [0, 0.05) is 9.75 Å². The Labute approximate surface area is 238 Å². The van der Waals surface area contributed by atoms with E-state index in [4.69, 9.17) is 9.72 Å². The van der Waals surface area contributed by atoms with Gasteiger partial charge in [0.1, 0.15) is 9.83 Å². The molecule has 39 heavy (non-hydrogen) atoms. The Morgan fingerprint density at radius 1 is 1.10 bits per heavy atom. The molecular formula is C29H29N3O4S3. The molecule has 1 atom stereocenters. The Kier molecular flexibility index (Phi) is 7.35. The average molecular weight is 580 g/mol. The SMILES string of the molecule is COC(=O)c1c(NC(=O)CSc2nc3sc4c(c3c(=O)n2-c2ccccc2)CC[C@H](C)C4)sc2c1CCCC2. The van der Waals surface area contributed by atoms with E-state index >= 15 is 0 Å². The molecule has 4 aromatic rings. The fraction of sp³-hybridized carbons (Fsp3) is 0.379. The summed E-state index contributed by atoms with van der Waals surface area (Å²) in [7, 11) is 1.37. The van der Waals surface area contributed by atoms with Crippen LogP contribution in [0.4, 0.5) is 5.00 Å². The number of aromatic nitrogens is 2. The van der Waals surface area contributed by atoms with Crippen molar-refractivity contribution in [1.29, 1.82) is 0 Å². The fourth-order valence-electron chi connectivity index (χ4n) is 5.54. The van der Waals surface area contributed by atoms with Crippen LogP contribution >= 0.6 is 34.4 Å². The number of rotatable bonds is 6. The Morgan fingerprint density at radius 2 is 1.90 bits per heavy atom. The molecule has 0 saturated heterocycles. The van der Waals surface area contributed by atoms with Gasteiger partial charge >= 0.3 is 5.97 Å². The summed E-state index contributed by atoms with van der Waals surface area (Å²) in [5, 5.41) is 4.70. The summed E-state index contributed by atoms with van der Waals surface area (Å²) in [5.74, 6) is -0.0246. The highest BCUT2D eigenvalue weighted by molar-refractivity contribution is 7.99. The number of carbonyl (C=O) groups excluding carboxylic acids is 2. The molecule has 3 heterocycles. The number of hydrogen-bond acceptors (Lipinski definition) is 8. The first-order valence-electron chi connectivity index (χ1n) is 13.2. The summed E-state index contributed by atoms with van der Waals surface area (Å²) < 4.78 is 6.67. The summed E-state index contributed by atoms with van der Waals surface area (Å²) in [4.78, 5) is 47.7. The minimum absolute atomic E-state index is 0.0517. The largest absolute Gasteiger partial charge is 0.465 e. The van der Waals surface area contributed by atoms with Gasteiger partial charge in [-0.1, -0.05) is 36.9 Å². The fourth-order valence-corrected chi connectivity index (χ4v) is 9.07. The lowest BCUT2D eigenvalue weighted by Gasteiger charge is -2.17. The number of esters is 1. The Morgan fingerprint density at radius 3 is 2.69 bits per heavy atom. The zero-order valence-electron chi connectivity index (χ0n) is 21.9. The Hall–Kier alpha value is -2.95. The summed E-state index contributed by atoms with van der Waals surface area (Å²) in [6.07, 6.45) is 6.76. The van der Waals surface area contributed by atoms with Crippen molar-refractivity contribution in [2.24, 2.45) is 5.92 Å². The van der Waals surface area contributed by atoms with E-state index in [2.05, 4.69) is 12.2 Å². The Balaban J connectivity index is 1.32. The van der Waals surface area contributed by atoms with E-state index in [9.17, 15) is 14.4 Å². The molecular weight excluding hydrogens is 551 g/mol. The summed E-state index contributed by atoms with van der Waals surface area (Å²) in [6.45, 7) is 2.25. The number of anilines is 1. The van der Waals surface area contributed by atoms with Gasteiger partial charge in [-0.2, -0.15) is 0 Å². The van der Waals surface area contributed by atoms with Crippen LogP contribution in [-0.2, 0) is 35.2 Å². The third kappa shape index (κ3) is 4.94. The molecule has 6 rings (SSSR count). The second-order valence-corrected chi connectivity index (χ2v) is 13.3. The molecule has 0 saturated carbocycles. The molecule has 0 spiro atoms. The highest BCUT2D eigenvalue weighted by atomic mass is 32.2. The molecule has 0 bridgehead atoms. The van der Waals surface area contributed by atoms with E-state index < -0.39 is 5.97 Å². The van der Waals surface area contributed by atoms with Gasteiger partial charge in [0.05, 0.1) is 29.5 Å². The van der Waals surface area contributed by atoms with E-state index in [1.54, 1.807) is 15.9 Å². The van der Waals surface area contributed by atoms with E-state index in [0.29, 0.717) is 27.0 Å². The number of fused-ring (bicyclic) bond motifs is 4. The summed E-state index contributed by atoms with van der Waals surface area (Å²) in [5.41, 5.74) is 3.27. The van der Waals surface area contributed by atoms with Gasteiger partial charge in [-0.15, -0.1) is 22.7 Å². The van der Waals surface area contributed by atoms with Crippen LogP contribution in [0.5, 0.6) is 0 Å². The lowest BCUT2D eigenvalue weighted by atomic mass is 9.89. The van der Waals surface area contributed by atoms with Crippen molar-refractivity contribution in [2.75, 3.05) is 18.2 Å². The highest BCUT2D eigenvalue weighted by Gasteiger charge is 2.28. The van der Waals surface area contributed by atoms with Crippen molar-refractivity contribution in [3.63, 3.8) is 0 Å². The van der Waals surface area contributed by atoms with Crippen molar-refractivity contribution in [2.45, 2.75) is 57.0 Å². The maximum Gasteiger partial charge on any atom is 0.341 e. The van der Waals surface area contributed by atoms with E-state index in [-0.39, 0.29) is 17.2 Å². The third-order valence-electron chi connectivity index (χ3n) is 7.46.